The number of nitrogens with zero attached hydrogens (tertiary/aromatic N) is 4. The highest BCUT2D eigenvalue weighted by molar-refractivity contribution is 5.70. The van der Waals surface area contributed by atoms with Crippen molar-refractivity contribution in [2.24, 2.45) is 5.92 Å². The number of fused-ring (bicyclic) bond motifs is 2. The van der Waals surface area contributed by atoms with E-state index < -0.39 is 5.97 Å². The second kappa shape index (κ2) is 11.4. The quantitative estimate of drug-likeness (QED) is 0.545. The first-order valence-corrected chi connectivity index (χ1v) is 14.6. The first-order chi connectivity index (χ1) is 18.2. The number of hydrogen-bond donors (Lipinski definition) is 2. The monoisotopic (exact) mass is 527 g/mol. The molecular weight excluding hydrogens is 482 g/mol. The molecular formula is C29H45N5O4. The molecule has 38 heavy (non-hydrogen) atoms. The molecule has 6 rings (SSSR count). The average molecular weight is 528 g/mol. The van der Waals surface area contributed by atoms with Crippen LogP contribution >= 0.6 is 0 Å². The van der Waals surface area contributed by atoms with Crippen LogP contribution in [0.2, 0.25) is 0 Å². The molecule has 0 saturated carbocycles. The fraction of sp³-hybridized carbons (Fsp3) is 0.759. The molecule has 5 heterocycles. The number of imidazole rings is 2. The molecule has 2 aromatic heterocycles. The Morgan fingerprint density at radius 2 is 1.47 bits per heavy atom. The minimum Gasteiger partial charge on any atom is -0.481 e. The first kappa shape index (κ1) is 27.2. The van der Waals surface area contributed by atoms with E-state index in [0.29, 0.717) is 36.8 Å². The zero-order chi connectivity index (χ0) is 27.0. The number of nitrogens with one attached hydrogen (secondary N) is 1. The molecule has 0 spiro atoms. The van der Waals surface area contributed by atoms with Crippen LogP contribution in [-0.4, -0.2) is 61.6 Å². The lowest BCUT2D eigenvalue weighted by molar-refractivity contribution is -0.142. The number of carbonyl (C=O) groups is 1. The zero-order valence-corrected chi connectivity index (χ0v) is 23.7. The van der Waals surface area contributed by atoms with Crippen molar-refractivity contribution in [1.82, 2.24) is 19.1 Å². The third-order valence-electron chi connectivity index (χ3n) is 8.36. The van der Waals surface area contributed by atoms with Crippen LogP contribution in [0.1, 0.15) is 101 Å². The summed E-state index contributed by atoms with van der Waals surface area (Å²) in [5.41, 5.74) is 3.48. The van der Waals surface area contributed by atoms with Crippen molar-refractivity contribution in [2.75, 3.05) is 18.5 Å². The molecule has 4 aliphatic rings. The number of hydrogen-bond acceptors (Lipinski definition) is 6. The summed E-state index contributed by atoms with van der Waals surface area (Å²) in [4.78, 5) is 20.9. The highest BCUT2D eigenvalue weighted by Crippen LogP contribution is 2.32. The molecule has 3 aliphatic heterocycles. The van der Waals surface area contributed by atoms with Gasteiger partial charge < -0.3 is 29.0 Å². The Labute approximate surface area is 226 Å². The van der Waals surface area contributed by atoms with Crippen molar-refractivity contribution < 1.29 is 19.4 Å². The maximum absolute atomic E-state index is 11.3. The minimum absolute atomic E-state index is 0.264. The molecule has 2 saturated heterocycles. The van der Waals surface area contributed by atoms with Crippen LogP contribution in [0, 0.1) is 5.92 Å². The van der Waals surface area contributed by atoms with E-state index >= 15 is 0 Å². The normalized spacial score (nSPS) is 26.0. The van der Waals surface area contributed by atoms with Gasteiger partial charge in [-0.2, -0.15) is 0 Å². The van der Waals surface area contributed by atoms with Crippen molar-refractivity contribution in [3.05, 3.63) is 28.7 Å². The van der Waals surface area contributed by atoms with Gasteiger partial charge in [0, 0.05) is 43.2 Å². The first-order valence-electron chi connectivity index (χ1n) is 14.6. The third-order valence-corrected chi connectivity index (χ3v) is 8.36. The molecule has 0 amide bonds. The summed E-state index contributed by atoms with van der Waals surface area (Å²) in [5.74, 6) is 3.40. The van der Waals surface area contributed by atoms with E-state index in [0.717, 1.165) is 62.8 Å². The Morgan fingerprint density at radius 1 is 0.921 bits per heavy atom. The molecule has 2 unspecified atom stereocenters. The topological polar surface area (TPSA) is 103 Å². The fourth-order valence-corrected chi connectivity index (χ4v) is 5.89. The smallest absolute Gasteiger partial charge is 0.306 e. The van der Waals surface area contributed by atoms with Gasteiger partial charge in [0.1, 0.15) is 17.5 Å². The number of rotatable bonds is 7. The van der Waals surface area contributed by atoms with E-state index in [1.807, 2.05) is 0 Å². The molecule has 0 radical (unpaired) electrons. The van der Waals surface area contributed by atoms with Gasteiger partial charge in [0.05, 0.1) is 42.6 Å². The van der Waals surface area contributed by atoms with E-state index in [9.17, 15) is 9.90 Å². The van der Waals surface area contributed by atoms with Gasteiger partial charge in [0.15, 0.2) is 0 Å². The number of aromatic nitrogens is 4. The van der Waals surface area contributed by atoms with Crippen molar-refractivity contribution in [3.63, 3.8) is 0 Å². The number of carboxylic acid groups (broad SMARTS) is 1. The van der Waals surface area contributed by atoms with Crippen LogP contribution in [-0.2, 0) is 46.6 Å². The predicted molar refractivity (Wildman–Crippen MR) is 146 cm³/mol. The minimum atomic E-state index is -0.686. The molecule has 0 bridgehead atoms. The number of carboxylic acids is 1. The number of ether oxygens (including phenoxy) is 2. The summed E-state index contributed by atoms with van der Waals surface area (Å²) in [6.07, 6.45) is 7.31. The molecule has 0 aromatic carbocycles. The molecule has 210 valence electrons. The number of aryl methyl sites for hydroxylation is 2. The van der Waals surface area contributed by atoms with E-state index in [4.69, 9.17) is 19.4 Å². The molecule has 2 aromatic rings. The zero-order valence-electron chi connectivity index (χ0n) is 23.7. The maximum Gasteiger partial charge on any atom is 0.306 e. The largest absolute Gasteiger partial charge is 0.481 e. The lowest BCUT2D eigenvalue weighted by atomic mass is 9.90. The summed E-state index contributed by atoms with van der Waals surface area (Å²) in [7, 11) is 0. The molecule has 1 aliphatic carbocycles. The van der Waals surface area contributed by atoms with Gasteiger partial charge in [0.2, 0.25) is 0 Å². The Balaban J connectivity index is 0.000000156. The summed E-state index contributed by atoms with van der Waals surface area (Å²) >= 11 is 0. The lowest BCUT2D eigenvalue weighted by Crippen LogP contribution is -2.33. The summed E-state index contributed by atoms with van der Waals surface area (Å²) in [6, 6.07) is 0.551. The Morgan fingerprint density at radius 3 is 2.03 bits per heavy atom. The Bertz CT molecular complexity index is 1130. The van der Waals surface area contributed by atoms with Crippen LogP contribution in [0.15, 0.2) is 0 Å². The lowest BCUT2D eigenvalue weighted by Gasteiger charge is -2.30. The fourth-order valence-electron chi connectivity index (χ4n) is 5.89. The van der Waals surface area contributed by atoms with E-state index in [2.05, 4.69) is 49.1 Å². The van der Waals surface area contributed by atoms with Gasteiger partial charge in [0.25, 0.3) is 0 Å². The Hall–Kier alpha value is -2.39. The van der Waals surface area contributed by atoms with Crippen LogP contribution in [0.5, 0.6) is 0 Å². The van der Waals surface area contributed by atoms with Gasteiger partial charge in [-0.15, -0.1) is 0 Å². The predicted octanol–water partition coefficient (Wildman–Crippen LogP) is 4.53. The Kier molecular flexibility index (Phi) is 8.14. The average Bonchev–Trinajstić information content (AvgIpc) is 3.36. The SMILES string of the molecule is CC(C)c1nc2c(n1C[C@@H]1CCO1)CC(C(=O)O)CC2.CC1CCc2nc(C(C)C)n(C[C@@H]3CCO3)c2N1. The number of anilines is 1. The van der Waals surface area contributed by atoms with E-state index in [1.54, 1.807) is 0 Å². The van der Waals surface area contributed by atoms with E-state index in [-0.39, 0.29) is 12.0 Å². The second-order valence-electron chi connectivity index (χ2n) is 12.1. The van der Waals surface area contributed by atoms with Gasteiger partial charge in [-0.25, -0.2) is 9.97 Å². The van der Waals surface area contributed by atoms with Crippen molar-refractivity contribution >= 4 is 11.8 Å². The van der Waals surface area contributed by atoms with Crippen LogP contribution in [0.3, 0.4) is 0 Å². The summed E-state index contributed by atoms with van der Waals surface area (Å²) in [5, 5.41) is 12.9. The highest BCUT2D eigenvalue weighted by atomic mass is 16.5. The third kappa shape index (κ3) is 5.64. The van der Waals surface area contributed by atoms with Crippen LogP contribution in [0.4, 0.5) is 5.82 Å². The highest BCUT2D eigenvalue weighted by Gasteiger charge is 2.32. The summed E-state index contributed by atoms with van der Waals surface area (Å²) < 4.78 is 15.7. The molecule has 2 N–H and O–H groups in total. The van der Waals surface area contributed by atoms with Gasteiger partial charge in [-0.3, -0.25) is 4.79 Å². The standard InChI is InChI=1S/C15H22N2O3.C14H23N3O/c1-9(2)14-16-12-4-3-10(15(18)19)7-13(12)17(14)8-11-5-6-20-11;1-9(2)13-16-12-5-4-10(3)15-14(12)17(13)8-11-6-7-18-11/h9-11H,3-8H2,1-2H3,(H,18,19);9-11,15H,4-8H2,1-3H3/t2*10?,11-/m00/s1. The second-order valence-corrected chi connectivity index (χ2v) is 12.1. The van der Waals surface area contributed by atoms with Crippen molar-refractivity contribution in [1.29, 1.82) is 0 Å². The van der Waals surface area contributed by atoms with Crippen LogP contribution < -0.4 is 5.32 Å². The summed E-state index contributed by atoms with van der Waals surface area (Å²) in [6.45, 7) is 14.5. The maximum atomic E-state index is 11.3. The molecule has 9 heteroatoms. The van der Waals surface area contributed by atoms with Crippen molar-refractivity contribution in [2.45, 2.75) is 123 Å². The molecule has 2 fully saturated rings. The molecule has 4 atom stereocenters. The van der Waals surface area contributed by atoms with Gasteiger partial charge in [-0.05, 0) is 45.4 Å². The van der Waals surface area contributed by atoms with Gasteiger partial charge >= 0.3 is 5.97 Å². The van der Waals surface area contributed by atoms with Crippen LogP contribution in [0.25, 0.3) is 0 Å². The van der Waals surface area contributed by atoms with E-state index in [1.165, 1.54) is 30.2 Å². The molecule has 9 nitrogen and oxygen atoms in total. The van der Waals surface area contributed by atoms with Crippen molar-refractivity contribution in [3.8, 4) is 0 Å². The number of aliphatic carboxylic acids is 1. The van der Waals surface area contributed by atoms with Gasteiger partial charge in [-0.1, -0.05) is 27.7 Å².